The lowest BCUT2D eigenvalue weighted by molar-refractivity contribution is -0.114. The fraction of sp³-hybridized carbons (Fsp3) is 0.200. The minimum Gasteiger partial charge on any atom is -0.326 e. The van der Waals surface area contributed by atoms with E-state index in [2.05, 4.69) is 15.1 Å². The van der Waals surface area contributed by atoms with Crippen LogP contribution in [0.5, 0.6) is 0 Å². The molecule has 0 unspecified atom stereocenters. The number of benzene rings is 2. The molecule has 0 saturated heterocycles. The third-order valence-corrected chi connectivity index (χ3v) is 5.71. The minimum atomic E-state index is -3.83. The topological polar surface area (TPSA) is 93.1 Å². The van der Waals surface area contributed by atoms with E-state index in [0.717, 1.165) is 5.56 Å². The maximum absolute atomic E-state index is 13.1. The predicted octanol–water partition coefficient (Wildman–Crippen LogP) is 3.45. The fourth-order valence-corrected chi connectivity index (χ4v) is 4.05. The van der Waals surface area contributed by atoms with Crippen molar-refractivity contribution in [2.75, 3.05) is 10.0 Å². The fourth-order valence-electron chi connectivity index (χ4n) is 2.88. The monoisotopic (exact) mass is 416 g/mol. The summed E-state index contributed by atoms with van der Waals surface area (Å²) in [7, 11) is -3.83. The Morgan fingerprint density at radius 3 is 2.28 bits per heavy atom. The second-order valence-electron chi connectivity index (χ2n) is 6.64. The molecule has 2 aromatic carbocycles. The molecule has 0 spiro atoms. The van der Waals surface area contributed by atoms with Crippen molar-refractivity contribution in [2.45, 2.75) is 32.2 Å². The molecule has 0 aliphatic carbocycles. The standard InChI is InChI=1S/C20H21FN4O3S/c1-13-20(14(2)25(23-13)12-16-4-6-17(21)7-5-16)24-29(27,28)19-10-8-18(9-11-19)22-15(3)26/h4-11,24H,12H2,1-3H3,(H,22,26). The molecule has 3 rings (SSSR count). The molecule has 2 N–H and O–H groups in total. The first-order chi connectivity index (χ1) is 13.7. The first kappa shape index (κ1) is 20.5. The van der Waals surface area contributed by atoms with Gasteiger partial charge in [0.2, 0.25) is 5.91 Å². The van der Waals surface area contributed by atoms with Gasteiger partial charge in [-0.2, -0.15) is 5.10 Å². The molecule has 0 saturated carbocycles. The van der Waals surface area contributed by atoms with Crippen molar-refractivity contribution in [3.8, 4) is 0 Å². The number of carbonyl (C=O) groups is 1. The molecular formula is C20H21FN4O3S. The summed E-state index contributed by atoms with van der Waals surface area (Å²) in [4.78, 5) is 11.2. The van der Waals surface area contributed by atoms with E-state index in [-0.39, 0.29) is 16.6 Å². The smallest absolute Gasteiger partial charge is 0.262 e. The highest BCUT2D eigenvalue weighted by molar-refractivity contribution is 7.92. The van der Waals surface area contributed by atoms with Gasteiger partial charge in [0, 0.05) is 12.6 Å². The van der Waals surface area contributed by atoms with Gasteiger partial charge in [0.1, 0.15) is 5.82 Å². The Labute approximate surface area is 168 Å². The molecule has 152 valence electrons. The third kappa shape index (κ3) is 4.80. The van der Waals surface area contributed by atoms with Crippen molar-refractivity contribution >= 4 is 27.3 Å². The molecule has 0 radical (unpaired) electrons. The number of aromatic nitrogens is 2. The maximum atomic E-state index is 13.1. The number of hydrogen-bond acceptors (Lipinski definition) is 4. The van der Waals surface area contributed by atoms with Gasteiger partial charge in [0.25, 0.3) is 10.0 Å². The van der Waals surface area contributed by atoms with E-state index >= 15 is 0 Å². The van der Waals surface area contributed by atoms with Gasteiger partial charge < -0.3 is 5.32 Å². The van der Waals surface area contributed by atoms with Crippen LogP contribution in [-0.2, 0) is 21.4 Å². The molecule has 0 bridgehead atoms. The maximum Gasteiger partial charge on any atom is 0.262 e. The van der Waals surface area contributed by atoms with Gasteiger partial charge in [0.15, 0.2) is 0 Å². The van der Waals surface area contributed by atoms with E-state index in [4.69, 9.17) is 0 Å². The lowest BCUT2D eigenvalue weighted by Crippen LogP contribution is -2.14. The molecule has 1 aromatic heterocycles. The molecule has 29 heavy (non-hydrogen) atoms. The van der Waals surface area contributed by atoms with Crippen molar-refractivity contribution in [1.29, 1.82) is 0 Å². The zero-order valence-corrected chi connectivity index (χ0v) is 17.0. The summed E-state index contributed by atoms with van der Waals surface area (Å²) in [5.74, 6) is -0.557. The molecule has 3 aromatic rings. The van der Waals surface area contributed by atoms with Crippen LogP contribution in [0.1, 0.15) is 23.9 Å². The van der Waals surface area contributed by atoms with Gasteiger partial charge in [-0.05, 0) is 55.8 Å². The number of amides is 1. The molecular weight excluding hydrogens is 395 g/mol. The van der Waals surface area contributed by atoms with E-state index in [1.54, 1.807) is 30.7 Å². The third-order valence-electron chi connectivity index (χ3n) is 4.35. The van der Waals surface area contributed by atoms with Crippen LogP contribution in [0.15, 0.2) is 53.4 Å². The van der Waals surface area contributed by atoms with E-state index in [0.29, 0.717) is 29.3 Å². The van der Waals surface area contributed by atoms with Crippen molar-refractivity contribution < 1.29 is 17.6 Å². The van der Waals surface area contributed by atoms with Gasteiger partial charge in [-0.15, -0.1) is 0 Å². The van der Waals surface area contributed by atoms with Crippen LogP contribution in [-0.4, -0.2) is 24.1 Å². The quantitative estimate of drug-likeness (QED) is 0.644. The Morgan fingerprint density at radius 1 is 1.07 bits per heavy atom. The summed E-state index contributed by atoms with van der Waals surface area (Å²) in [6.45, 7) is 5.24. The normalized spacial score (nSPS) is 11.3. The Kier molecular flexibility index (Phi) is 5.69. The number of hydrogen-bond donors (Lipinski definition) is 2. The number of carbonyl (C=O) groups excluding carboxylic acids is 1. The number of halogens is 1. The Hall–Kier alpha value is -3.20. The SMILES string of the molecule is CC(=O)Nc1ccc(S(=O)(=O)Nc2c(C)nn(Cc3ccc(F)cc3)c2C)cc1. The summed E-state index contributed by atoms with van der Waals surface area (Å²) in [6.07, 6.45) is 0. The van der Waals surface area contributed by atoms with Crippen LogP contribution in [0, 0.1) is 19.7 Å². The van der Waals surface area contributed by atoms with Gasteiger partial charge in [-0.25, -0.2) is 12.8 Å². The van der Waals surface area contributed by atoms with Crippen molar-refractivity contribution in [3.63, 3.8) is 0 Å². The van der Waals surface area contributed by atoms with Crippen molar-refractivity contribution in [3.05, 3.63) is 71.3 Å². The van der Waals surface area contributed by atoms with Crippen molar-refractivity contribution in [1.82, 2.24) is 9.78 Å². The molecule has 1 amide bonds. The lowest BCUT2D eigenvalue weighted by Gasteiger charge is -2.10. The van der Waals surface area contributed by atoms with Crippen molar-refractivity contribution in [2.24, 2.45) is 0 Å². The van der Waals surface area contributed by atoms with E-state index in [1.165, 1.54) is 43.3 Å². The highest BCUT2D eigenvalue weighted by Gasteiger charge is 2.20. The summed E-state index contributed by atoms with van der Waals surface area (Å²) in [5.41, 5.74) is 2.93. The van der Waals surface area contributed by atoms with Gasteiger partial charge in [0.05, 0.1) is 28.5 Å². The Balaban J connectivity index is 1.82. The van der Waals surface area contributed by atoms with Crippen LogP contribution in [0.3, 0.4) is 0 Å². The van der Waals surface area contributed by atoms with Gasteiger partial charge >= 0.3 is 0 Å². The van der Waals surface area contributed by atoms with Gasteiger partial charge in [-0.3, -0.25) is 14.2 Å². The molecule has 7 nitrogen and oxygen atoms in total. The van der Waals surface area contributed by atoms with Crippen LogP contribution < -0.4 is 10.0 Å². The van der Waals surface area contributed by atoms with Crippen LogP contribution in [0.4, 0.5) is 15.8 Å². The van der Waals surface area contributed by atoms with Crippen LogP contribution >= 0.6 is 0 Å². The first-order valence-electron chi connectivity index (χ1n) is 8.84. The highest BCUT2D eigenvalue weighted by Crippen LogP contribution is 2.24. The van der Waals surface area contributed by atoms with Crippen LogP contribution in [0.2, 0.25) is 0 Å². The first-order valence-corrected chi connectivity index (χ1v) is 10.3. The number of rotatable bonds is 6. The summed E-state index contributed by atoms with van der Waals surface area (Å²) in [6, 6.07) is 11.9. The highest BCUT2D eigenvalue weighted by atomic mass is 32.2. The summed E-state index contributed by atoms with van der Waals surface area (Å²) < 4.78 is 42.9. The largest absolute Gasteiger partial charge is 0.326 e. The molecule has 0 atom stereocenters. The molecule has 0 fully saturated rings. The Bertz CT molecular complexity index is 1140. The molecule has 9 heteroatoms. The Morgan fingerprint density at radius 2 is 1.69 bits per heavy atom. The number of nitrogens with one attached hydrogen (secondary N) is 2. The summed E-state index contributed by atoms with van der Waals surface area (Å²) >= 11 is 0. The van der Waals surface area contributed by atoms with E-state index < -0.39 is 10.0 Å². The lowest BCUT2D eigenvalue weighted by atomic mass is 10.2. The average Bonchev–Trinajstić information content (AvgIpc) is 2.91. The zero-order chi connectivity index (χ0) is 21.2. The number of aryl methyl sites for hydroxylation is 1. The molecule has 0 aliphatic rings. The predicted molar refractivity (Wildman–Crippen MR) is 109 cm³/mol. The second kappa shape index (κ2) is 8.04. The number of anilines is 2. The number of sulfonamides is 1. The molecule has 0 aliphatic heterocycles. The minimum absolute atomic E-state index is 0.0664. The van der Waals surface area contributed by atoms with E-state index in [1.807, 2.05) is 0 Å². The van der Waals surface area contributed by atoms with Crippen LogP contribution in [0.25, 0.3) is 0 Å². The zero-order valence-electron chi connectivity index (χ0n) is 16.2. The number of nitrogens with zero attached hydrogens (tertiary/aromatic N) is 2. The average molecular weight is 416 g/mol. The molecule has 1 heterocycles. The van der Waals surface area contributed by atoms with E-state index in [9.17, 15) is 17.6 Å². The second-order valence-corrected chi connectivity index (χ2v) is 8.32. The van der Waals surface area contributed by atoms with Gasteiger partial charge in [-0.1, -0.05) is 12.1 Å². The summed E-state index contributed by atoms with van der Waals surface area (Å²) in [5, 5.41) is 6.99.